The average Bonchev–Trinajstić information content (AvgIpc) is 2.58. The molecule has 1 rings (SSSR count). The van der Waals surface area contributed by atoms with Crippen molar-refractivity contribution in [3.8, 4) is 0 Å². The van der Waals surface area contributed by atoms with Crippen LogP contribution >= 0.6 is 11.3 Å². The molecule has 0 saturated carbocycles. The molecule has 0 aromatic carbocycles. The lowest BCUT2D eigenvalue weighted by Gasteiger charge is -2.24. The molecule has 0 bridgehead atoms. The zero-order valence-electron chi connectivity index (χ0n) is 11.3. The van der Waals surface area contributed by atoms with Crippen molar-refractivity contribution < 1.29 is 0 Å². The fourth-order valence-electron chi connectivity index (χ4n) is 2.11. The van der Waals surface area contributed by atoms with Crippen LogP contribution in [-0.4, -0.2) is 6.54 Å². The maximum Gasteiger partial charge on any atom is 0.0356 e. The Balaban J connectivity index is 2.86. The second-order valence-electron chi connectivity index (χ2n) is 4.69. The molecule has 2 atom stereocenters. The van der Waals surface area contributed by atoms with Gasteiger partial charge in [0, 0.05) is 15.8 Å². The molecule has 16 heavy (non-hydrogen) atoms. The lowest BCUT2D eigenvalue weighted by atomic mass is 9.92. The van der Waals surface area contributed by atoms with Crippen LogP contribution in [0.25, 0.3) is 0 Å². The first kappa shape index (κ1) is 13.7. The van der Waals surface area contributed by atoms with Crippen molar-refractivity contribution in [2.24, 2.45) is 5.92 Å². The zero-order valence-corrected chi connectivity index (χ0v) is 12.1. The molecule has 1 heterocycles. The summed E-state index contributed by atoms with van der Waals surface area (Å²) < 4.78 is 0. The molecule has 1 N–H and O–H groups in total. The summed E-state index contributed by atoms with van der Waals surface area (Å²) in [6.07, 6.45) is 2.44. The molecule has 92 valence electrons. The minimum absolute atomic E-state index is 0.537. The number of thiophene rings is 1. The third kappa shape index (κ3) is 3.33. The van der Waals surface area contributed by atoms with Crippen molar-refractivity contribution in [2.45, 2.75) is 53.5 Å². The Bertz CT molecular complexity index is 317. The number of rotatable bonds is 6. The Kier molecular flexibility index (Phi) is 5.50. The third-order valence-electron chi connectivity index (χ3n) is 3.24. The van der Waals surface area contributed by atoms with Crippen molar-refractivity contribution in [3.05, 3.63) is 21.4 Å². The largest absolute Gasteiger partial charge is 0.310 e. The zero-order chi connectivity index (χ0) is 12.1. The molecule has 1 nitrogen and oxygen atoms in total. The number of hydrogen-bond acceptors (Lipinski definition) is 2. The molecule has 0 saturated heterocycles. The third-order valence-corrected chi connectivity index (χ3v) is 4.22. The molecule has 0 amide bonds. The standard InChI is InChI=1S/C14H25NS/c1-6-8-15-14(10(3)7-2)13-9-11(4)16-12(13)5/h9-10,14-15H,6-8H2,1-5H3. The smallest absolute Gasteiger partial charge is 0.0356 e. The number of nitrogens with one attached hydrogen (secondary N) is 1. The van der Waals surface area contributed by atoms with Crippen LogP contribution in [0.5, 0.6) is 0 Å². The first-order valence-corrected chi connectivity index (χ1v) is 7.22. The Hall–Kier alpha value is -0.340. The summed E-state index contributed by atoms with van der Waals surface area (Å²) in [7, 11) is 0. The van der Waals surface area contributed by atoms with Crippen LogP contribution in [0.2, 0.25) is 0 Å². The van der Waals surface area contributed by atoms with Gasteiger partial charge in [-0.3, -0.25) is 0 Å². The van der Waals surface area contributed by atoms with Crippen LogP contribution in [0.15, 0.2) is 6.07 Å². The van der Waals surface area contributed by atoms with Gasteiger partial charge < -0.3 is 5.32 Å². The van der Waals surface area contributed by atoms with Gasteiger partial charge in [0.05, 0.1) is 0 Å². The van der Waals surface area contributed by atoms with E-state index in [0.29, 0.717) is 12.0 Å². The highest BCUT2D eigenvalue weighted by Gasteiger charge is 2.20. The van der Waals surface area contributed by atoms with E-state index in [0.717, 1.165) is 6.54 Å². The van der Waals surface area contributed by atoms with Gasteiger partial charge in [-0.05, 0) is 44.4 Å². The molecule has 0 aliphatic rings. The normalized spacial score (nSPS) is 15.1. The van der Waals surface area contributed by atoms with Gasteiger partial charge in [-0.25, -0.2) is 0 Å². The summed E-state index contributed by atoms with van der Waals surface area (Å²) in [6, 6.07) is 2.90. The van der Waals surface area contributed by atoms with Gasteiger partial charge in [0.25, 0.3) is 0 Å². The van der Waals surface area contributed by atoms with E-state index in [1.54, 1.807) is 0 Å². The van der Waals surface area contributed by atoms with Crippen LogP contribution in [-0.2, 0) is 0 Å². The molecule has 0 radical (unpaired) electrons. The van der Waals surface area contributed by atoms with E-state index in [1.807, 2.05) is 11.3 Å². The summed E-state index contributed by atoms with van der Waals surface area (Å²) >= 11 is 1.92. The molecule has 0 spiro atoms. The maximum absolute atomic E-state index is 3.70. The van der Waals surface area contributed by atoms with Crippen molar-refractivity contribution in [3.63, 3.8) is 0 Å². The molecule has 0 aliphatic heterocycles. The van der Waals surface area contributed by atoms with E-state index < -0.39 is 0 Å². The average molecular weight is 239 g/mol. The van der Waals surface area contributed by atoms with E-state index in [2.05, 4.69) is 46.0 Å². The monoisotopic (exact) mass is 239 g/mol. The fourth-order valence-corrected chi connectivity index (χ4v) is 3.09. The lowest BCUT2D eigenvalue weighted by molar-refractivity contribution is 0.377. The van der Waals surface area contributed by atoms with E-state index in [4.69, 9.17) is 0 Å². The van der Waals surface area contributed by atoms with Gasteiger partial charge in [0.15, 0.2) is 0 Å². The van der Waals surface area contributed by atoms with Crippen LogP contribution in [0, 0.1) is 19.8 Å². The second kappa shape index (κ2) is 6.41. The van der Waals surface area contributed by atoms with Gasteiger partial charge in [-0.2, -0.15) is 0 Å². The Morgan fingerprint density at radius 2 is 2.00 bits per heavy atom. The van der Waals surface area contributed by atoms with Crippen LogP contribution < -0.4 is 5.32 Å². The Morgan fingerprint density at radius 3 is 2.44 bits per heavy atom. The Morgan fingerprint density at radius 1 is 1.31 bits per heavy atom. The highest BCUT2D eigenvalue weighted by atomic mass is 32.1. The van der Waals surface area contributed by atoms with Crippen molar-refractivity contribution in [2.75, 3.05) is 6.54 Å². The van der Waals surface area contributed by atoms with Gasteiger partial charge in [-0.1, -0.05) is 27.2 Å². The predicted octanol–water partition coefficient (Wildman–Crippen LogP) is 4.45. The summed E-state index contributed by atoms with van der Waals surface area (Å²) in [5.41, 5.74) is 1.52. The van der Waals surface area contributed by atoms with Crippen LogP contribution in [0.4, 0.5) is 0 Å². The van der Waals surface area contributed by atoms with Crippen molar-refractivity contribution >= 4 is 11.3 Å². The summed E-state index contributed by atoms with van der Waals surface area (Å²) in [5.74, 6) is 0.708. The molecular weight excluding hydrogens is 214 g/mol. The van der Waals surface area contributed by atoms with Gasteiger partial charge >= 0.3 is 0 Å². The highest BCUT2D eigenvalue weighted by molar-refractivity contribution is 7.12. The molecule has 1 aromatic heterocycles. The summed E-state index contributed by atoms with van der Waals surface area (Å²) in [6.45, 7) is 12.4. The van der Waals surface area contributed by atoms with E-state index in [9.17, 15) is 0 Å². The summed E-state index contributed by atoms with van der Waals surface area (Å²) in [4.78, 5) is 2.91. The van der Waals surface area contributed by atoms with E-state index >= 15 is 0 Å². The fraction of sp³-hybridized carbons (Fsp3) is 0.714. The van der Waals surface area contributed by atoms with Crippen molar-refractivity contribution in [1.82, 2.24) is 5.32 Å². The first-order valence-electron chi connectivity index (χ1n) is 6.40. The SMILES string of the molecule is CCCNC(c1cc(C)sc1C)C(C)CC. The molecule has 0 aliphatic carbocycles. The number of hydrogen-bond donors (Lipinski definition) is 1. The number of aryl methyl sites for hydroxylation is 2. The summed E-state index contributed by atoms with van der Waals surface area (Å²) in [5, 5.41) is 3.70. The first-order chi connectivity index (χ1) is 7.60. The minimum atomic E-state index is 0.537. The van der Waals surface area contributed by atoms with E-state index in [1.165, 1.54) is 28.2 Å². The van der Waals surface area contributed by atoms with Crippen molar-refractivity contribution in [1.29, 1.82) is 0 Å². The molecule has 0 fully saturated rings. The van der Waals surface area contributed by atoms with E-state index in [-0.39, 0.29) is 0 Å². The Labute approximate surface area is 104 Å². The van der Waals surface area contributed by atoms with Gasteiger partial charge in [0.2, 0.25) is 0 Å². The maximum atomic E-state index is 3.70. The van der Waals surface area contributed by atoms with Gasteiger partial charge in [-0.15, -0.1) is 11.3 Å². The van der Waals surface area contributed by atoms with Crippen LogP contribution in [0.1, 0.15) is 55.0 Å². The lowest BCUT2D eigenvalue weighted by Crippen LogP contribution is -2.27. The molecular formula is C14H25NS. The molecule has 2 heteroatoms. The highest BCUT2D eigenvalue weighted by Crippen LogP contribution is 2.31. The predicted molar refractivity (Wildman–Crippen MR) is 74.3 cm³/mol. The topological polar surface area (TPSA) is 12.0 Å². The van der Waals surface area contributed by atoms with Crippen LogP contribution in [0.3, 0.4) is 0 Å². The molecule has 1 aromatic rings. The quantitative estimate of drug-likeness (QED) is 0.773. The molecule has 2 unspecified atom stereocenters. The van der Waals surface area contributed by atoms with Gasteiger partial charge in [0.1, 0.15) is 0 Å². The second-order valence-corrected chi connectivity index (χ2v) is 6.15. The minimum Gasteiger partial charge on any atom is -0.310 e.